The molecular formula is C29H33NO5Si. The van der Waals surface area contributed by atoms with Gasteiger partial charge in [0.05, 0.1) is 0 Å². The normalized spacial score (nSPS) is 13.9. The standard InChI is InChI=1S/C29H33NO5Si/c1-29(2,3)36(4,5)35-20-16-14-19(15-17-20)26(27(31)32)30-28(33)34-18-25-23-12-8-6-10-21(23)22-11-7-9-13-24(22)25/h6-17,25-26H,18H2,1-5H3,(H,30,33)(H,31,32)/t26-/m0/s1. The Kier molecular flexibility index (Phi) is 6.96. The molecule has 6 nitrogen and oxygen atoms in total. The summed E-state index contributed by atoms with van der Waals surface area (Å²) in [4.78, 5) is 24.6. The Labute approximate surface area is 213 Å². The Balaban J connectivity index is 1.43. The van der Waals surface area contributed by atoms with Crippen molar-refractivity contribution >= 4 is 20.4 Å². The van der Waals surface area contributed by atoms with Crippen LogP contribution in [0.5, 0.6) is 5.75 Å². The van der Waals surface area contributed by atoms with Crippen molar-refractivity contribution in [2.24, 2.45) is 0 Å². The maximum atomic E-state index is 12.7. The molecule has 1 aliphatic carbocycles. The molecule has 36 heavy (non-hydrogen) atoms. The van der Waals surface area contributed by atoms with Crippen LogP contribution in [0.3, 0.4) is 0 Å². The van der Waals surface area contributed by atoms with E-state index in [9.17, 15) is 14.7 Å². The highest BCUT2D eigenvalue weighted by Crippen LogP contribution is 2.44. The van der Waals surface area contributed by atoms with E-state index in [-0.39, 0.29) is 17.6 Å². The molecule has 1 aliphatic rings. The first-order valence-electron chi connectivity index (χ1n) is 12.1. The first-order valence-corrected chi connectivity index (χ1v) is 15.0. The number of aliphatic carboxylic acids is 1. The van der Waals surface area contributed by atoms with E-state index in [0.717, 1.165) is 22.3 Å². The predicted molar refractivity (Wildman–Crippen MR) is 143 cm³/mol. The molecule has 1 atom stereocenters. The van der Waals surface area contributed by atoms with Gasteiger partial charge in [-0.2, -0.15) is 0 Å². The first kappa shape index (κ1) is 25.5. The molecule has 0 radical (unpaired) electrons. The van der Waals surface area contributed by atoms with E-state index < -0.39 is 26.4 Å². The zero-order chi connectivity index (χ0) is 26.1. The lowest BCUT2D eigenvalue weighted by Gasteiger charge is -2.36. The maximum absolute atomic E-state index is 12.7. The summed E-state index contributed by atoms with van der Waals surface area (Å²) in [6.07, 6.45) is -0.772. The highest BCUT2D eigenvalue weighted by atomic mass is 28.4. The van der Waals surface area contributed by atoms with Gasteiger partial charge in [0.25, 0.3) is 0 Å². The second kappa shape index (κ2) is 9.82. The molecule has 4 rings (SSSR count). The average molecular weight is 504 g/mol. The fourth-order valence-electron chi connectivity index (χ4n) is 4.22. The average Bonchev–Trinajstić information content (AvgIpc) is 3.14. The summed E-state index contributed by atoms with van der Waals surface area (Å²) >= 11 is 0. The quantitative estimate of drug-likeness (QED) is 0.349. The number of alkyl carbamates (subject to hydrolysis) is 1. The van der Waals surface area contributed by atoms with Crippen LogP contribution in [-0.4, -0.2) is 32.1 Å². The SMILES string of the molecule is CC(C)(C)[Si](C)(C)Oc1ccc([C@H](NC(=O)OCC2c3ccccc3-c3ccccc32)C(=O)O)cc1. The molecule has 0 saturated carbocycles. The van der Waals surface area contributed by atoms with Crippen molar-refractivity contribution in [2.45, 2.75) is 50.9 Å². The minimum Gasteiger partial charge on any atom is -0.544 e. The molecule has 188 valence electrons. The predicted octanol–water partition coefficient (Wildman–Crippen LogP) is 6.74. The number of carbonyl (C=O) groups is 2. The van der Waals surface area contributed by atoms with Gasteiger partial charge in [0.2, 0.25) is 8.32 Å². The minimum absolute atomic E-state index is 0.0426. The van der Waals surface area contributed by atoms with Crippen molar-refractivity contribution in [3.05, 3.63) is 89.5 Å². The van der Waals surface area contributed by atoms with Gasteiger partial charge in [-0.15, -0.1) is 0 Å². The third kappa shape index (κ3) is 5.16. The Hall–Kier alpha value is -3.58. The topological polar surface area (TPSA) is 84.9 Å². The smallest absolute Gasteiger partial charge is 0.408 e. The lowest BCUT2D eigenvalue weighted by molar-refractivity contribution is -0.139. The van der Waals surface area contributed by atoms with E-state index in [1.165, 1.54) is 0 Å². The van der Waals surface area contributed by atoms with Crippen molar-refractivity contribution < 1.29 is 23.9 Å². The molecule has 0 fully saturated rings. The van der Waals surface area contributed by atoms with Crippen LogP contribution >= 0.6 is 0 Å². The van der Waals surface area contributed by atoms with E-state index in [1.54, 1.807) is 24.3 Å². The zero-order valence-electron chi connectivity index (χ0n) is 21.4. The van der Waals surface area contributed by atoms with E-state index in [1.807, 2.05) is 36.4 Å². The number of ether oxygens (including phenoxy) is 1. The second-order valence-corrected chi connectivity index (χ2v) is 15.4. The molecule has 7 heteroatoms. The van der Waals surface area contributed by atoms with Crippen LogP contribution in [0.25, 0.3) is 11.1 Å². The summed E-state index contributed by atoms with van der Waals surface area (Å²) in [7, 11) is -2.02. The van der Waals surface area contributed by atoms with Gasteiger partial charge in [0, 0.05) is 5.92 Å². The number of carboxylic acids is 1. The Morgan fingerprint density at radius 3 is 1.94 bits per heavy atom. The van der Waals surface area contributed by atoms with Crippen LogP contribution in [-0.2, 0) is 9.53 Å². The molecule has 0 aromatic heterocycles. The highest BCUT2D eigenvalue weighted by molar-refractivity contribution is 6.74. The molecule has 0 unspecified atom stereocenters. The van der Waals surface area contributed by atoms with Gasteiger partial charge < -0.3 is 19.6 Å². The summed E-state index contributed by atoms with van der Waals surface area (Å²) < 4.78 is 11.8. The van der Waals surface area contributed by atoms with Crippen LogP contribution in [0.4, 0.5) is 4.79 Å². The lowest BCUT2D eigenvalue weighted by atomic mass is 9.98. The minimum atomic E-state index is -2.02. The fraction of sp³-hybridized carbons (Fsp3) is 0.310. The van der Waals surface area contributed by atoms with E-state index in [4.69, 9.17) is 9.16 Å². The number of rotatable bonds is 7. The number of hydrogen-bond acceptors (Lipinski definition) is 4. The van der Waals surface area contributed by atoms with Gasteiger partial charge in [-0.3, -0.25) is 0 Å². The highest BCUT2D eigenvalue weighted by Gasteiger charge is 2.39. The fourth-order valence-corrected chi connectivity index (χ4v) is 5.25. The van der Waals surface area contributed by atoms with E-state index in [2.05, 4.69) is 51.3 Å². The number of carbonyl (C=O) groups excluding carboxylic acids is 1. The third-order valence-corrected chi connectivity index (χ3v) is 11.6. The second-order valence-electron chi connectivity index (χ2n) is 10.7. The summed E-state index contributed by atoms with van der Waals surface area (Å²) in [6, 6.07) is 21.7. The van der Waals surface area contributed by atoms with Gasteiger partial charge in [0.1, 0.15) is 12.4 Å². The Morgan fingerprint density at radius 2 is 1.44 bits per heavy atom. The Bertz CT molecular complexity index is 1220. The Morgan fingerprint density at radius 1 is 0.917 bits per heavy atom. The molecular weight excluding hydrogens is 470 g/mol. The third-order valence-electron chi connectivity index (χ3n) is 7.25. The molecule has 0 aliphatic heterocycles. The van der Waals surface area contributed by atoms with Crippen LogP contribution in [0.1, 0.15) is 49.4 Å². The molecule has 3 aromatic carbocycles. The van der Waals surface area contributed by atoms with Crippen molar-refractivity contribution in [1.82, 2.24) is 5.32 Å². The van der Waals surface area contributed by atoms with Gasteiger partial charge in [-0.1, -0.05) is 81.4 Å². The molecule has 3 aromatic rings. The number of hydrogen-bond donors (Lipinski definition) is 2. The molecule has 0 bridgehead atoms. The van der Waals surface area contributed by atoms with Gasteiger partial charge in [-0.25, -0.2) is 9.59 Å². The molecule has 0 spiro atoms. The number of fused-ring (bicyclic) bond motifs is 3. The number of carboxylic acid groups (broad SMARTS) is 1. The molecule has 0 saturated heterocycles. The number of nitrogens with one attached hydrogen (secondary N) is 1. The summed E-state index contributed by atoms with van der Waals surface area (Å²) in [6.45, 7) is 10.9. The van der Waals surface area contributed by atoms with Crippen molar-refractivity contribution in [3.63, 3.8) is 0 Å². The zero-order valence-corrected chi connectivity index (χ0v) is 22.4. The number of amides is 1. The van der Waals surface area contributed by atoms with Crippen molar-refractivity contribution in [1.29, 1.82) is 0 Å². The first-order chi connectivity index (χ1) is 17.0. The van der Waals surface area contributed by atoms with Crippen molar-refractivity contribution in [3.8, 4) is 16.9 Å². The monoisotopic (exact) mass is 503 g/mol. The maximum Gasteiger partial charge on any atom is 0.408 e. The summed E-state index contributed by atoms with van der Waals surface area (Å²) in [5, 5.41) is 12.3. The van der Waals surface area contributed by atoms with Gasteiger partial charge in [0.15, 0.2) is 6.04 Å². The lowest BCUT2D eigenvalue weighted by Crippen LogP contribution is -2.43. The van der Waals surface area contributed by atoms with Crippen LogP contribution in [0.2, 0.25) is 18.1 Å². The van der Waals surface area contributed by atoms with E-state index in [0.29, 0.717) is 11.3 Å². The van der Waals surface area contributed by atoms with Gasteiger partial charge >= 0.3 is 12.1 Å². The van der Waals surface area contributed by atoms with Crippen molar-refractivity contribution in [2.75, 3.05) is 6.61 Å². The van der Waals surface area contributed by atoms with E-state index >= 15 is 0 Å². The molecule has 2 N–H and O–H groups in total. The summed E-state index contributed by atoms with van der Waals surface area (Å²) in [5.41, 5.74) is 4.90. The van der Waals surface area contributed by atoms with Gasteiger partial charge in [-0.05, 0) is 58.1 Å². The molecule has 1 amide bonds. The van der Waals surface area contributed by atoms with Crippen LogP contribution in [0.15, 0.2) is 72.8 Å². The molecule has 0 heterocycles. The summed E-state index contributed by atoms with van der Waals surface area (Å²) in [5.74, 6) is -0.574. The van der Waals surface area contributed by atoms with Crippen LogP contribution in [0, 0.1) is 0 Å². The number of benzene rings is 3. The van der Waals surface area contributed by atoms with Crippen LogP contribution < -0.4 is 9.74 Å². The largest absolute Gasteiger partial charge is 0.544 e.